The zero-order valence-electron chi connectivity index (χ0n) is 29.0. The van der Waals surface area contributed by atoms with Crippen LogP contribution in [0.3, 0.4) is 0 Å². The molecule has 0 spiro atoms. The summed E-state index contributed by atoms with van der Waals surface area (Å²) in [4.78, 5) is 35.4. The first-order valence-electron chi connectivity index (χ1n) is 16.4. The normalized spacial score (nSPS) is 13.3. The van der Waals surface area contributed by atoms with Gasteiger partial charge in [0.2, 0.25) is 0 Å². The molecule has 0 bridgehead atoms. The SMILES string of the molecule is CC(C)(C)OC(=O)COCCOCCOCCOCCOCCOCCOCCOCCOCCOCCOCCN1C(=O)C=CC1=O. The number of imide groups is 1. The van der Waals surface area contributed by atoms with Crippen molar-refractivity contribution in [3.05, 3.63) is 12.2 Å². The van der Waals surface area contributed by atoms with Crippen molar-refractivity contribution in [1.29, 1.82) is 0 Å². The topological polar surface area (TPSA) is 165 Å². The Balaban J connectivity index is 1.64. The fourth-order valence-corrected chi connectivity index (χ4v) is 3.53. The highest BCUT2D eigenvalue weighted by Gasteiger charge is 2.22. The van der Waals surface area contributed by atoms with Gasteiger partial charge in [-0.3, -0.25) is 14.5 Å². The Morgan fingerprint density at radius 3 is 0.979 bits per heavy atom. The summed E-state index contributed by atoms with van der Waals surface area (Å²) < 4.78 is 64.6. The van der Waals surface area contributed by atoms with Crippen LogP contribution in [0.25, 0.3) is 0 Å². The molecule has 16 nitrogen and oxygen atoms in total. The van der Waals surface area contributed by atoms with Gasteiger partial charge in [-0.05, 0) is 20.8 Å². The molecule has 0 aromatic carbocycles. The second-order valence-electron chi connectivity index (χ2n) is 10.9. The fraction of sp³-hybridized carbons (Fsp3) is 0.844. The number of carbonyl (C=O) groups is 3. The summed E-state index contributed by atoms with van der Waals surface area (Å²) in [6.07, 6.45) is 2.50. The number of carbonyl (C=O) groups excluding carboxylic acids is 3. The molecule has 16 heteroatoms. The van der Waals surface area contributed by atoms with E-state index in [0.717, 1.165) is 4.90 Å². The van der Waals surface area contributed by atoms with Crippen LogP contribution in [0.2, 0.25) is 0 Å². The third-order valence-electron chi connectivity index (χ3n) is 5.72. The number of esters is 1. The van der Waals surface area contributed by atoms with Crippen LogP contribution in [-0.4, -0.2) is 180 Å². The molecule has 0 aliphatic carbocycles. The monoisotopic (exact) mass is 695 g/mol. The highest BCUT2D eigenvalue weighted by atomic mass is 16.6. The molecule has 1 aliphatic rings. The van der Waals surface area contributed by atoms with E-state index < -0.39 is 11.6 Å². The molecule has 1 rings (SSSR count). The summed E-state index contributed by atoms with van der Waals surface area (Å²) in [5.41, 5.74) is -0.517. The Hall–Kier alpha value is -2.09. The summed E-state index contributed by atoms with van der Waals surface area (Å²) in [7, 11) is 0. The van der Waals surface area contributed by atoms with E-state index in [1.165, 1.54) is 12.2 Å². The number of hydrogen-bond donors (Lipinski definition) is 0. The highest BCUT2D eigenvalue weighted by Crippen LogP contribution is 2.06. The number of rotatable bonds is 35. The van der Waals surface area contributed by atoms with E-state index in [2.05, 4.69) is 0 Å². The zero-order valence-corrected chi connectivity index (χ0v) is 29.0. The van der Waals surface area contributed by atoms with Crippen LogP contribution in [-0.2, 0) is 71.2 Å². The first-order chi connectivity index (χ1) is 23.3. The van der Waals surface area contributed by atoms with Crippen molar-refractivity contribution < 1.29 is 71.2 Å². The van der Waals surface area contributed by atoms with Gasteiger partial charge in [-0.2, -0.15) is 0 Å². The molecule has 0 radical (unpaired) electrons. The van der Waals surface area contributed by atoms with Crippen LogP contribution >= 0.6 is 0 Å². The van der Waals surface area contributed by atoms with Gasteiger partial charge < -0.3 is 56.8 Å². The predicted octanol–water partition coefficient (Wildman–Crippen LogP) is 0.436. The first-order valence-corrected chi connectivity index (χ1v) is 16.4. The van der Waals surface area contributed by atoms with E-state index in [9.17, 15) is 14.4 Å². The van der Waals surface area contributed by atoms with Crippen LogP contribution in [0.5, 0.6) is 0 Å². The minimum atomic E-state index is -0.517. The van der Waals surface area contributed by atoms with E-state index in [4.69, 9.17) is 56.8 Å². The molecule has 0 saturated carbocycles. The highest BCUT2D eigenvalue weighted by molar-refractivity contribution is 6.12. The second-order valence-corrected chi connectivity index (χ2v) is 10.9. The molecule has 0 saturated heterocycles. The van der Waals surface area contributed by atoms with Crippen molar-refractivity contribution in [1.82, 2.24) is 4.90 Å². The van der Waals surface area contributed by atoms with E-state index in [-0.39, 0.29) is 31.6 Å². The van der Waals surface area contributed by atoms with Gasteiger partial charge in [-0.1, -0.05) is 0 Å². The van der Waals surface area contributed by atoms with Crippen molar-refractivity contribution in [2.45, 2.75) is 26.4 Å². The Morgan fingerprint density at radius 1 is 0.458 bits per heavy atom. The Labute approximate surface area is 284 Å². The molecule has 0 aromatic heterocycles. The van der Waals surface area contributed by atoms with E-state index in [1.807, 2.05) is 20.8 Å². The summed E-state index contributed by atoms with van der Waals surface area (Å²) in [5.74, 6) is -1.01. The minimum Gasteiger partial charge on any atom is -0.458 e. The number of ether oxygens (including phenoxy) is 12. The molecule has 1 heterocycles. The lowest BCUT2D eigenvalue weighted by Crippen LogP contribution is -2.33. The van der Waals surface area contributed by atoms with Crippen LogP contribution < -0.4 is 0 Å². The third kappa shape index (κ3) is 28.9. The number of hydrogen-bond acceptors (Lipinski definition) is 15. The van der Waals surface area contributed by atoms with Crippen molar-refractivity contribution in [2.75, 3.05) is 152 Å². The van der Waals surface area contributed by atoms with Crippen molar-refractivity contribution in [3.63, 3.8) is 0 Å². The Morgan fingerprint density at radius 2 is 0.708 bits per heavy atom. The van der Waals surface area contributed by atoms with Gasteiger partial charge in [-0.15, -0.1) is 0 Å². The summed E-state index contributed by atoms with van der Waals surface area (Å²) >= 11 is 0. The molecule has 1 aliphatic heterocycles. The largest absolute Gasteiger partial charge is 0.458 e. The van der Waals surface area contributed by atoms with Gasteiger partial charge in [-0.25, -0.2) is 4.79 Å². The van der Waals surface area contributed by atoms with Crippen LogP contribution in [0.15, 0.2) is 12.2 Å². The molecule has 48 heavy (non-hydrogen) atoms. The average molecular weight is 696 g/mol. The molecule has 0 aromatic rings. The standard InChI is InChI=1S/C32H57NO15/c1-32(2,3)48-31(36)28-47-27-26-46-25-24-45-23-22-44-21-20-43-19-18-42-17-16-41-15-14-40-13-12-39-11-10-38-9-8-37-7-6-33-29(34)4-5-30(33)35/h4-5H,6-28H2,1-3H3. The van der Waals surface area contributed by atoms with Crippen molar-refractivity contribution in [2.24, 2.45) is 0 Å². The van der Waals surface area contributed by atoms with Gasteiger partial charge in [0, 0.05) is 12.2 Å². The molecular weight excluding hydrogens is 638 g/mol. The van der Waals surface area contributed by atoms with Gasteiger partial charge in [0.15, 0.2) is 0 Å². The molecule has 0 unspecified atom stereocenters. The zero-order chi connectivity index (χ0) is 35.0. The predicted molar refractivity (Wildman–Crippen MR) is 171 cm³/mol. The summed E-state index contributed by atoms with van der Waals surface area (Å²) in [6, 6.07) is 0. The lowest BCUT2D eigenvalue weighted by Gasteiger charge is -2.19. The number of amides is 2. The van der Waals surface area contributed by atoms with E-state index in [0.29, 0.717) is 132 Å². The quantitative estimate of drug-likeness (QED) is 0.0509. The van der Waals surface area contributed by atoms with Crippen molar-refractivity contribution in [3.8, 4) is 0 Å². The Kier molecular flexibility index (Phi) is 28.3. The first kappa shape index (κ1) is 43.9. The molecule has 280 valence electrons. The average Bonchev–Trinajstić information content (AvgIpc) is 3.36. The van der Waals surface area contributed by atoms with Gasteiger partial charge in [0.25, 0.3) is 11.8 Å². The molecule has 2 amide bonds. The number of nitrogens with zero attached hydrogens (tertiary/aromatic N) is 1. The fourth-order valence-electron chi connectivity index (χ4n) is 3.53. The van der Waals surface area contributed by atoms with Gasteiger partial charge >= 0.3 is 5.97 Å². The molecular formula is C32H57NO15. The van der Waals surface area contributed by atoms with Gasteiger partial charge in [0.1, 0.15) is 12.2 Å². The summed E-state index contributed by atoms with van der Waals surface area (Å²) in [5, 5.41) is 0. The van der Waals surface area contributed by atoms with Crippen LogP contribution in [0.4, 0.5) is 0 Å². The summed E-state index contributed by atoms with van der Waals surface area (Å²) in [6.45, 7) is 14.7. The maximum absolute atomic E-state index is 11.5. The van der Waals surface area contributed by atoms with Gasteiger partial charge in [0.05, 0.1) is 145 Å². The maximum atomic E-state index is 11.5. The lowest BCUT2D eigenvalue weighted by atomic mass is 10.2. The molecule has 0 N–H and O–H groups in total. The van der Waals surface area contributed by atoms with E-state index >= 15 is 0 Å². The Bertz CT molecular complexity index is 819. The molecule has 0 fully saturated rings. The van der Waals surface area contributed by atoms with Crippen LogP contribution in [0, 0.1) is 0 Å². The van der Waals surface area contributed by atoms with Crippen LogP contribution in [0.1, 0.15) is 20.8 Å². The van der Waals surface area contributed by atoms with Crippen molar-refractivity contribution >= 4 is 17.8 Å². The second kappa shape index (κ2) is 30.9. The smallest absolute Gasteiger partial charge is 0.332 e. The minimum absolute atomic E-state index is 0.0898. The third-order valence-corrected chi connectivity index (χ3v) is 5.72. The lowest BCUT2D eigenvalue weighted by molar-refractivity contribution is -0.160. The maximum Gasteiger partial charge on any atom is 0.332 e. The van der Waals surface area contributed by atoms with E-state index in [1.54, 1.807) is 0 Å². The molecule has 0 atom stereocenters.